The van der Waals surface area contributed by atoms with Gasteiger partial charge in [0.1, 0.15) is 5.75 Å². The van der Waals surface area contributed by atoms with Crippen LogP contribution in [0.25, 0.3) is 0 Å². The molecule has 0 aromatic heterocycles. The minimum absolute atomic E-state index is 0.383. The normalized spacial score (nSPS) is 12.2. The number of aliphatic hydroxyl groups excluding tert-OH is 1. The molecular formula is C12H17NO4. The molecule has 0 saturated carbocycles. The molecule has 0 radical (unpaired) electrons. The van der Waals surface area contributed by atoms with Gasteiger partial charge < -0.3 is 19.5 Å². The number of esters is 1. The molecule has 0 heterocycles. The van der Waals surface area contributed by atoms with Gasteiger partial charge in [-0.1, -0.05) is 18.2 Å². The zero-order valence-electron chi connectivity index (χ0n) is 10.00. The number of para-hydroxylation sites is 1. The number of hydrogen-bond donors (Lipinski definition) is 1. The number of carbonyl (C=O) groups excluding carboxylic acids is 1. The molecule has 5 heteroatoms. The molecule has 1 rings (SSSR count). The van der Waals surface area contributed by atoms with Crippen LogP contribution in [-0.2, 0) is 9.53 Å². The largest absolute Gasteiger partial charge is 0.477 e. The third kappa shape index (κ3) is 4.84. The summed E-state index contributed by atoms with van der Waals surface area (Å²) in [5.41, 5.74) is 0. The van der Waals surface area contributed by atoms with Crippen LogP contribution < -0.4 is 4.74 Å². The van der Waals surface area contributed by atoms with Crippen molar-refractivity contribution in [3.63, 3.8) is 0 Å². The molecule has 1 N–H and O–H groups in total. The SMILES string of the molecule is CN(C)CC(Oc1ccccc1)C(=O)OCO. The fourth-order valence-electron chi connectivity index (χ4n) is 1.31. The minimum Gasteiger partial charge on any atom is -0.477 e. The van der Waals surface area contributed by atoms with E-state index in [0.717, 1.165) is 0 Å². The Morgan fingerprint density at radius 3 is 2.53 bits per heavy atom. The predicted octanol–water partition coefficient (Wildman–Crippen LogP) is 0.489. The lowest BCUT2D eigenvalue weighted by Gasteiger charge is -2.20. The molecule has 0 amide bonds. The summed E-state index contributed by atoms with van der Waals surface area (Å²) in [5, 5.41) is 8.57. The Kier molecular flexibility index (Phi) is 5.45. The van der Waals surface area contributed by atoms with E-state index in [0.29, 0.717) is 12.3 Å². The van der Waals surface area contributed by atoms with Crippen LogP contribution in [0.15, 0.2) is 30.3 Å². The zero-order chi connectivity index (χ0) is 12.7. The number of ether oxygens (including phenoxy) is 2. The van der Waals surface area contributed by atoms with E-state index in [4.69, 9.17) is 9.84 Å². The van der Waals surface area contributed by atoms with Gasteiger partial charge >= 0.3 is 5.97 Å². The Balaban J connectivity index is 2.66. The van der Waals surface area contributed by atoms with Gasteiger partial charge in [0.05, 0.1) is 0 Å². The average Bonchev–Trinajstić information content (AvgIpc) is 2.29. The second kappa shape index (κ2) is 6.88. The number of hydrogen-bond acceptors (Lipinski definition) is 5. The maximum Gasteiger partial charge on any atom is 0.350 e. The van der Waals surface area contributed by atoms with Crippen LogP contribution in [0.5, 0.6) is 5.75 Å². The predicted molar refractivity (Wildman–Crippen MR) is 62.6 cm³/mol. The third-order valence-electron chi connectivity index (χ3n) is 2.02. The summed E-state index contributed by atoms with van der Waals surface area (Å²) in [6, 6.07) is 9.02. The number of aliphatic hydroxyl groups is 1. The van der Waals surface area contributed by atoms with Gasteiger partial charge in [0.2, 0.25) is 6.10 Å². The Morgan fingerprint density at radius 1 is 1.35 bits per heavy atom. The van der Waals surface area contributed by atoms with E-state index in [-0.39, 0.29) is 0 Å². The molecule has 0 saturated heterocycles. The third-order valence-corrected chi connectivity index (χ3v) is 2.02. The smallest absolute Gasteiger partial charge is 0.350 e. The highest BCUT2D eigenvalue weighted by Gasteiger charge is 2.22. The lowest BCUT2D eigenvalue weighted by atomic mass is 10.3. The Bertz CT molecular complexity index is 340. The molecule has 0 aliphatic rings. The van der Waals surface area contributed by atoms with Gasteiger partial charge in [0.15, 0.2) is 6.79 Å². The van der Waals surface area contributed by atoms with Crippen LogP contribution in [0.1, 0.15) is 0 Å². The zero-order valence-corrected chi connectivity index (χ0v) is 10.00. The first-order valence-electron chi connectivity index (χ1n) is 5.27. The molecule has 94 valence electrons. The lowest BCUT2D eigenvalue weighted by molar-refractivity contribution is -0.160. The van der Waals surface area contributed by atoms with Crippen molar-refractivity contribution in [2.24, 2.45) is 0 Å². The summed E-state index contributed by atoms with van der Waals surface area (Å²) in [5.74, 6) is 0.0132. The van der Waals surface area contributed by atoms with E-state index >= 15 is 0 Å². The molecule has 0 fully saturated rings. The lowest BCUT2D eigenvalue weighted by Crippen LogP contribution is -2.38. The van der Waals surface area contributed by atoms with Crippen molar-refractivity contribution in [1.82, 2.24) is 4.90 Å². The summed E-state index contributed by atoms with van der Waals surface area (Å²) in [6.07, 6.45) is -0.750. The first-order chi connectivity index (χ1) is 8.13. The van der Waals surface area contributed by atoms with Crippen LogP contribution in [-0.4, -0.2) is 49.5 Å². The van der Waals surface area contributed by atoms with Crippen LogP contribution in [0.3, 0.4) is 0 Å². The molecule has 1 aromatic rings. The van der Waals surface area contributed by atoms with E-state index in [1.54, 1.807) is 12.1 Å². The minimum atomic E-state index is -0.750. The van der Waals surface area contributed by atoms with Crippen LogP contribution in [0.4, 0.5) is 0 Å². The van der Waals surface area contributed by atoms with E-state index in [2.05, 4.69) is 4.74 Å². The van der Waals surface area contributed by atoms with Crippen molar-refractivity contribution >= 4 is 5.97 Å². The molecule has 1 atom stereocenters. The molecule has 0 aliphatic heterocycles. The summed E-state index contributed by atoms with van der Waals surface area (Å²) < 4.78 is 10.1. The highest BCUT2D eigenvalue weighted by atomic mass is 16.6. The van der Waals surface area contributed by atoms with E-state index in [1.165, 1.54) is 0 Å². The first kappa shape index (κ1) is 13.5. The van der Waals surface area contributed by atoms with Gasteiger partial charge in [-0.2, -0.15) is 0 Å². The molecule has 1 aromatic carbocycles. The van der Waals surface area contributed by atoms with E-state index in [1.807, 2.05) is 37.2 Å². The summed E-state index contributed by atoms with van der Waals surface area (Å²) in [6.45, 7) is -0.255. The molecule has 17 heavy (non-hydrogen) atoms. The molecule has 5 nitrogen and oxygen atoms in total. The van der Waals surface area contributed by atoms with Crippen molar-refractivity contribution in [2.75, 3.05) is 27.4 Å². The molecule has 0 bridgehead atoms. The Labute approximate surface area is 101 Å². The summed E-state index contributed by atoms with van der Waals surface area (Å²) in [4.78, 5) is 13.4. The quantitative estimate of drug-likeness (QED) is 0.578. The number of benzene rings is 1. The van der Waals surface area contributed by atoms with E-state index < -0.39 is 18.9 Å². The van der Waals surface area contributed by atoms with Gasteiger partial charge in [0.25, 0.3) is 0 Å². The van der Waals surface area contributed by atoms with Crippen LogP contribution >= 0.6 is 0 Å². The van der Waals surface area contributed by atoms with E-state index in [9.17, 15) is 4.79 Å². The molecular weight excluding hydrogens is 222 g/mol. The van der Waals surface area contributed by atoms with Gasteiger partial charge in [-0.15, -0.1) is 0 Å². The van der Waals surface area contributed by atoms with Crippen molar-refractivity contribution in [1.29, 1.82) is 0 Å². The van der Waals surface area contributed by atoms with Gasteiger partial charge in [-0.3, -0.25) is 0 Å². The Hall–Kier alpha value is -1.59. The monoisotopic (exact) mass is 239 g/mol. The standard InChI is InChI=1S/C12H17NO4/c1-13(2)8-11(12(15)16-9-14)17-10-6-4-3-5-7-10/h3-7,11,14H,8-9H2,1-2H3. The second-order valence-corrected chi connectivity index (χ2v) is 3.77. The average molecular weight is 239 g/mol. The van der Waals surface area contributed by atoms with Gasteiger partial charge in [-0.05, 0) is 26.2 Å². The highest BCUT2D eigenvalue weighted by Crippen LogP contribution is 2.12. The molecule has 1 unspecified atom stereocenters. The number of likely N-dealkylation sites (N-methyl/N-ethyl adjacent to an activating group) is 1. The van der Waals surface area contributed by atoms with Crippen molar-refractivity contribution in [3.05, 3.63) is 30.3 Å². The van der Waals surface area contributed by atoms with Crippen molar-refractivity contribution in [3.8, 4) is 5.75 Å². The summed E-state index contributed by atoms with van der Waals surface area (Å²) in [7, 11) is 3.65. The second-order valence-electron chi connectivity index (χ2n) is 3.77. The topological polar surface area (TPSA) is 59.0 Å². The van der Waals surface area contributed by atoms with Crippen LogP contribution in [0, 0.1) is 0 Å². The maximum absolute atomic E-state index is 11.5. The first-order valence-corrected chi connectivity index (χ1v) is 5.27. The maximum atomic E-state index is 11.5. The highest BCUT2D eigenvalue weighted by molar-refractivity contribution is 5.75. The van der Waals surface area contributed by atoms with Crippen molar-refractivity contribution in [2.45, 2.75) is 6.10 Å². The number of carbonyl (C=O) groups is 1. The molecule has 0 spiro atoms. The van der Waals surface area contributed by atoms with Crippen molar-refractivity contribution < 1.29 is 19.4 Å². The molecule has 0 aliphatic carbocycles. The number of rotatable bonds is 6. The van der Waals surface area contributed by atoms with Crippen LogP contribution in [0.2, 0.25) is 0 Å². The fraction of sp³-hybridized carbons (Fsp3) is 0.417. The summed E-state index contributed by atoms with van der Waals surface area (Å²) >= 11 is 0. The van der Waals surface area contributed by atoms with Gasteiger partial charge in [-0.25, -0.2) is 4.79 Å². The van der Waals surface area contributed by atoms with Gasteiger partial charge in [0, 0.05) is 6.54 Å². The fourth-order valence-corrected chi connectivity index (χ4v) is 1.31. The Morgan fingerprint density at radius 2 is 2.00 bits per heavy atom. The number of nitrogens with zero attached hydrogens (tertiary/aromatic N) is 1.